The van der Waals surface area contributed by atoms with Gasteiger partial charge in [0.15, 0.2) is 0 Å². The van der Waals surface area contributed by atoms with E-state index in [-0.39, 0.29) is 17.6 Å². The standard InChI is InChI=1S/C18H24N4O3/c1-11(9-16-12(2)21-22(4)13(16)3)20-18(25)19-10-14-5-7-15(8-6-14)17(23)24/h5-8,11H,9-10H2,1-4H3,(H,23,24)(H2,19,20,25). The summed E-state index contributed by atoms with van der Waals surface area (Å²) in [6.45, 7) is 6.27. The predicted molar refractivity (Wildman–Crippen MR) is 94.6 cm³/mol. The Morgan fingerprint density at radius 3 is 2.40 bits per heavy atom. The first-order valence-corrected chi connectivity index (χ1v) is 8.13. The van der Waals surface area contributed by atoms with Gasteiger partial charge in [0.05, 0.1) is 11.3 Å². The maximum Gasteiger partial charge on any atom is 0.335 e. The van der Waals surface area contributed by atoms with Crippen LogP contribution in [0.15, 0.2) is 24.3 Å². The zero-order chi connectivity index (χ0) is 18.6. The summed E-state index contributed by atoms with van der Waals surface area (Å²) in [4.78, 5) is 22.8. The highest BCUT2D eigenvalue weighted by Gasteiger charge is 2.14. The average Bonchev–Trinajstić information content (AvgIpc) is 2.79. The van der Waals surface area contributed by atoms with Crippen LogP contribution >= 0.6 is 0 Å². The Morgan fingerprint density at radius 2 is 1.88 bits per heavy atom. The van der Waals surface area contributed by atoms with Gasteiger partial charge >= 0.3 is 12.0 Å². The molecule has 7 nitrogen and oxygen atoms in total. The minimum atomic E-state index is -0.966. The molecule has 0 saturated heterocycles. The molecule has 0 fully saturated rings. The fourth-order valence-electron chi connectivity index (χ4n) is 2.69. The summed E-state index contributed by atoms with van der Waals surface area (Å²) >= 11 is 0. The number of hydrogen-bond acceptors (Lipinski definition) is 3. The third-order valence-electron chi connectivity index (χ3n) is 4.20. The van der Waals surface area contributed by atoms with E-state index in [2.05, 4.69) is 15.7 Å². The molecule has 1 aromatic carbocycles. The number of aryl methyl sites for hydroxylation is 2. The van der Waals surface area contributed by atoms with Gasteiger partial charge in [0.2, 0.25) is 0 Å². The fourth-order valence-corrected chi connectivity index (χ4v) is 2.69. The molecule has 1 unspecified atom stereocenters. The van der Waals surface area contributed by atoms with Crippen molar-refractivity contribution in [2.75, 3.05) is 0 Å². The van der Waals surface area contributed by atoms with Crippen LogP contribution < -0.4 is 10.6 Å². The molecule has 25 heavy (non-hydrogen) atoms. The molecule has 0 saturated carbocycles. The zero-order valence-corrected chi connectivity index (χ0v) is 15.0. The number of rotatable bonds is 6. The van der Waals surface area contributed by atoms with E-state index in [9.17, 15) is 9.59 Å². The lowest BCUT2D eigenvalue weighted by molar-refractivity contribution is 0.0697. The molecule has 1 heterocycles. The largest absolute Gasteiger partial charge is 0.478 e. The molecule has 2 aromatic rings. The lowest BCUT2D eigenvalue weighted by atomic mass is 10.1. The summed E-state index contributed by atoms with van der Waals surface area (Å²) in [5.74, 6) is -0.966. The quantitative estimate of drug-likeness (QED) is 0.748. The molecule has 0 radical (unpaired) electrons. The second-order valence-corrected chi connectivity index (χ2v) is 6.21. The van der Waals surface area contributed by atoms with Crippen LogP contribution in [0.5, 0.6) is 0 Å². The Kier molecular flexibility index (Phi) is 5.80. The van der Waals surface area contributed by atoms with Crippen LogP contribution in [-0.4, -0.2) is 32.9 Å². The molecule has 0 spiro atoms. The minimum absolute atomic E-state index is 0.0315. The van der Waals surface area contributed by atoms with Crippen molar-refractivity contribution >= 4 is 12.0 Å². The van der Waals surface area contributed by atoms with Gasteiger partial charge < -0.3 is 15.7 Å². The lowest BCUT2D eigenvalue weighted by Crippen LogP contribution is -2.41. The van der Waals surface area contributed by atoms with Gasteiger partial charge in [-0.1, -0.05) is 12.1 Å². The maximum atomic E-state index is 12.0. The Labute approximate surface area is 147 Å². The molecular formula is C18H24N4O3. The van der Waals surface area contributed by atoms with Gasteiger partial charge in [-0.2, -0.15) is 5.10 Å². The zero-order valence-electron chi connectivity index (χ0n) is 15.0. The van der Waals surface area contributed by atoms with E-state index in [0.29, 0.717) is 13.0 Å². The van der Waals surface area contributed by atoms with Crippen LogP contribution in [0.25, 0.3) is 0 Å². The van der Waals surface area contributed by atoms with Crippen molar-refractivity contribution < 1.29 is 14.7 Å². The van der Waals surface area contributed by atoms with Crippen molar-refractivity contribution in [2.45, 2.75) is 39.8 Å². The van der Waals surface area contributed by atoms with Crippen LogP contribution in [0.1, 0.15) is 39.8 Å². The first-order chi connectivity index (χ1) is 11.8. The van der Waals surface area contributed by atoms with Crippen molar-refractivity contribution in [3.8, 4) is 0 Å². The number of nitrogens with zero attached hydrogens (tertiary/aromatic N) is 2. The van der Waals surface area contributed by atoms with Crippen molar-refractivity contribution in [1.82, 2.24) is 20.4 Å². The topological polar surface area (TPSA) is 96.3 Å². The number of urea groups is 1. The van der Waals surface area contributed by atoms with Crippen LogP contribution in [0.2, 0.25) is 0 Å². The number of carbonyl (C=O) groups excluding carboxylic acids is 1. The Hall–Kier alpha value is -2.83. The maximum absolute atomic E-state index is 12.0. The number of nitrogens with one attached hydrogen (secondary N) is 2. The Balaban J connectivity index is 1.84. The number of hydrogen-bond donors (Lipinski definition) is 3. The average molecular weight is 344 g/mol. The summed E-state index contributed by atoms with van der Waals surface area (Å²) in [7, 11) is 1.91. The van der Waals surface area contributed by atoms with Crippen LogP contribution in [-0.2, 0) is 20.0 Å². The van der Waals surface area contributed by atoms with Gasteiger partial charge in [0, 0.05) is 25.3 Å². The van der Waals surface area contributed by atoms with E-state index in [0.717, 1.165) is 22.5 Å². The highest BCUT2D eigenvalue weighted by Crippen LogP contribution is 2.14. The van der Waals surface area contributed by atoms with Crippen LogP contribution in [0, 0.1) is 13.8 Å². The minimum Gasteiger partial charge on any atom is -0.478 e. The van der Waals surface area contributed by atoms with Gasteiger partial charge in [-0.05, 0) is 50.5 Å². The summed E-state index contributed by atoms with van der Waals surface area (Å²) in [6, 6.07) is 6.14. The number of carbonyl (C=O) groups is 2. The van der Waals surface area contributed by atoms with Gasteiger partial charge in [-0.25, -0.2) is 9.59 Å². The summed E-state index contributed by atoms with van der Waals surface area (Å²) in [5.41, 5.74) is 4.30. The molecule has 0 aliphatic heterocycles. The number of amides is 2. The molecule has 0 bridgehead atoms. The first-order valence-electron chi connectivity index (χ1n) is 8.13. The molecule has 0 aliphatic rings. The monoisotopic (exact) mass is 344 g/mol. The van der Waals surface area contributed by atoms with Gasteiger partial charge in [0.25, 0.3) is 0 Å². The number of benzene rings is 1. The van der Waals surface area contributed by atoms with Gasteiger partial charge in [-0.3, -0.25) is 4.68 Å². The third kappa shape index (κ3) is 4.82. The molecule has 0 aliphatic carbocycles. The highest BCUT2D eigenvalue weighted by molar-refractivity contribution is 5.87. The first kappa shape index (κ1) is 18.5. The Bertz CT molecular complexity index is 765. The molecule has 1 aromatic heterocycles. The molecule has 2 rings (SSSR count). The predicted octanol–water partition coefficient (Wildman–Crippen LogP) is 2.17. The van der Waals surface area contributed by atoms with E-state index in [4.69, 9.17) is 5.11 Å². The molecule has 134 valence electrons. The molecule has 7 heteroatoms. The normalized spacial score (nSPS) is 11.8. The van der Waals surface area contributed by atoms with Crippen LogP contribution in [0.3, 0.4) is 0 Å². The number of aromatic carboxylic acids is 1. The number of carboxylic acids is 1. The molecule has 2 amide bonds. The van der Waals surface area contributed by atoms with E-state index in [1.165, 1.54) is 12.1 Å². The smallest absolute Gasteiger partial charge is 0.335 e. The van der Waals surface area contributed by atoms with E-state index < -0.39 is 5.97 Å². The van der Waals surface area contributed by atoms with E-state index in [1.807, 2.05) is 32.5 Å². The lowest BCUT2D eigenvalue weighted by Gasteiger charge is -2.15. The summed E-state index contributed by atoms with van der Waals surface area (Å²) in [5, 5.41) is 18.9. The van der Waals surface area contributed by atoms with E-state index in [1.54, 1.807) is 12.1 Å². The fraction of sp³-hybridized carbons (Fsp3) is 0.389. The number of aromatic nitrogens is 2. The Morgan fingerprint density at radius 1 is 1.24 bits per heavy atom. The van der Waals surface area contributed by atoms with Crippen LogP contribution in [0.4, 0.5) is 4.79 Å². The number of carboxylic acid groups (broad SMARTS) is 1. The highest BCUT2D eigenvalue weighted by atomic mass is 16.4. The van der Waals surface area contributed by atoms with Crippen molar-refractivity contribution in [1.29, 1.82) is 0 Å². The third-order valence-corrected chi connectivity index (χ3v) is 4.20. The summed E-state index contributed by atoms with van der Waals surface area (Å²) in [6.07, 6.45) is 0.715. The molecule has 3 N–H and O–H groups in total. The van der Waals surface area contributed by atoms with Gasteiger partial charge in [0.1, 0.15) is 0 Å². The second-order valence-electron chi connectivity index (χ2n) is 6.21. The SMILES string of the molecule is Cc1nn(C)c(C)c1CC(C)NC(=O)NCc1ccc(C(=O)O)cc1. The van der Waals surface area contributed by atoms with Gasteiger partial charge in [-0.15, -0.1) is 0 Å². The van der Waals surface area contributed by atoms with Crippen molar-refractivity contribution in [2.24, 2.45) is 7.05 Å². The van der Waals surface area contributed by atoms with Crippen molar-refractivity contribution in [3.63, 3.8) is 0 Å². The van der Waals surface area contributed by atoms with E-state index >= 15 is 0 Å². The molecular weight excluding hydrogens is 320 g/mol. The summed E-state index contributed by atoms with van der Waals surface area (Å²) < 4.78 is 1.85. The van der Waals surface area contributed by atoms with Crippen molar-refractivity contribution in [3.05, 3.63) is 52.3 Å². The second kappa shape index (κ2) is 7.83. The molecule has 1 atom stereocenters.